The second-order valence-corrected chi connectivity index (χ2v) is 5.68. The maximum atomic E-state index is 12.3. The summed E-state index contributed by atoms with van der Waals surface area (Å²) in [5.41, 5.74) is 0.683. The number of hydrogen-bond donors (Lipinski definition) is 0. The lowest BCUT2D eigenvalue weighted by Gasteiger charge is -2.10. The van der Waals surface area contributed by atoms with Gasteiger partial charge in [0.2, 0.25) is 0 Å². The summed E-state index contributed by atoms with van der Waals surface area (Å²) in [5, 5.41) is -0.504. The Kier molecular flexibility index (Phi) is 5.86. The molecule has 24 heavy (non-hydrogen) atoms. The van der Waals surface area contributed by atoms with Crippen molar-refractivity contribution in [2.24, 2.45) is 0 Å². The molecule has 0 aliphatic carbocycles. The summed E-state index contributed by atoms with van der Waals surface area (Å²) in [6, 6.07) is 5.18. The number of esters is 1. The van der Waals surface area contributed by atoms with Crippen LogP contribution in [0.4, 0.5) is 4.79 Å². The Morgan fingerprint density at radius 2 is 2.00 bits per heavy atom. The first kappa shape index (κ1) is 17.9. The Labute approximate surface area is 143 Å². The first-order chi connectivity index (χ1) is 11.5. The number of carbonyl (C=O) groups is 3. The fourth-order valence-electron chi connectivity index (χ4n) is 2.03. The largest absolute Gasteiger partial charge is 0.493 e. The lowest BCUT2D eigenvalue weighted by atomic mass is 10.2. The molecule has 2 rings (SSSR count). The first-order valence-corrected chi connectivity index (χ1v) is 7.94. The summed E-state index contributed by atoms with van der Waals surface area (Å²) in [6.45, 7) is 1.92. The minimum atomic E-state index is -0.651. The van der Waals surface area contributed by atoms with Gasteiger partial charge in [0, 0.05) is 0 Å². The van der Waals surface area contributed by atoms with Crippen LogP contribution in [0.25, 0.3) is 6.08 Å². The van der Waals surface area contributed by atoms with Crippen molar-refractivity contribution in [3.8, 4) is 11.5 Å². The molecule has 0 radical (unpaired) electrons. The molecule has 1 aromatic carbocycles. The van der Waals surface area contributed by atoms with E-state index in [-0.39, 0.29) is 4.91 Å². The second-order valence-electron chi connectivity index (χ2n) is 4.69. The van der Waals surface area contributed by atoms with E-state index in [0.717, 1.165) is 16.7 Å². The van der Waals surface area contributed by atoms with Crippen LogP contribution in [0, 0.1) is 0 Å². The average Bonchev–Trinajstić information content (AvgIpc) is 2.83. The Morgan fingerprint density at radius 3 is 2.62 bits per heavy atom. The van der Waals surface area contributed by atoms with Gasteiger partial charge in [-0.3, -0.25) is 19.3 Å². The van der Waals surface area contributed by atoms with E-state index in [0.29, 0.717) is 23.7 Å². The lowest BCUT2D eigenvalue weighted by molar-refractivity contribution is -0.143. The number of thioether (sulfide) groups is 1. The van der Waals surface area contributed by atoms with Crippen molar-refractivity contribution in [2.75, 3.05) is 27.4 Å². The Balaban J connectivity index is 2.25. The predicted molar refractivity (Wildman–Crippen MR) is 88.9 cm³/mol. The molecule has 1 aliphatic rings. The van der Waals surface area contributed by atoms with Crippen LogP contribution in [0.3, 0.4) is 0 Å². The highest BCUT2D eigenvalue weighted by molar-refractivity contribution is 8.18. The maximum absolute atomic E-state index is 12.3. The van der Waals surface area contributed by atoms with Crippen molar-refractivity contribution < 1.29 is 28.6 Å². The van der Waals surface area contributed by atoms with Crippen molar-refractivity contribution in [1.29, 1.82) is 0 Å². The van der Waals surface area contributed by atoms with Gasteiger partial charge in [-0.2, -0.15) is 0 Å². The SMILES string of the molecule is CCOc1cc(/C=C2\SC(=O)N(CC(=O)OC)C2=O)ccc1OC. The minimum absolute atomic E-state index is 0.233. The van der Waals surface area contributed by atoms with E-state index in [9.17, 15) is 14.4 Å². The summed E-state index contributed by atoms with van der Waals surface area (Å²) < 4.78 is 15.2. The number of ether oxygens (including phenoxy) is 3. The normalized spacial score (nSPS) is 15.8. The van der Waals surface area contributed by atoms with E-state index in [1.165, 1.54) is 14.2 Å². The van der Waals surface area contributed by atoms with Gasteiger partial charge in [0.25, 0.3) is 11.1 Å². The van der Waals surface area contributed by atoms with Gasteiger partial charge in [-0.25, -0.2) is 0 Å². The van der Waals surface area contributed by atoms with Crippen LogP contribution in [-0.4, -0.2) is 49.4 Å². The summed E-state index contributed by atoms with van der Waals surface area (Å²) in [4.78, 5) is 36.5. The number of nitrogens with zero attached hydrogens (tertiary/aromatic N) is 1. The van der Waals surface area contributed by atoms with Crippen molar-refractivity contribution in [1.82, 2.24) is 4.90 Å². The zero-order chi connectivity index (χ0) is 17.7. The quantitative estimate of drug-likeness (QED) is 0.574. The molecule has 1 saturated heterocycles. The number of imide groups is 1. The highest BCUT2D eigenvalue weighted by Gasteiger charge is 2.36. The first-order valence-electron chi connectivity index (χ1n) is 7.13. The smallest absolute Gasteiger partial charge is 0.325 e. The molecule has 8 heteroatoms. The van der Waals surface area contributed by atoms with Gasteiger partial charge in [0.1, 0.15) is 6.54 Å². The topological polar surface area (TPSA) is 82.1 Å². The van der Waals surface area contributed by atoms with E-state index >= 15 is 0 Å². The number of hydrogen-bond acceptors (Lipinski definition) is 7. The van der Waals surface area contributed by atoms with Crippen molar-refractivity contribution in [3.05, 3.63) is 28.7 Å². The Hall–Kier alpha value is -2.48. The molecule has 128 valence electrons. The average molecular weight is 351 g/mol. The van der Waals surface area contributed by atoms with E-state index in [2.05, 4.69) is 4.74 Å². The highest BCUT2D eigenvalue weighted by atomic mass is 32.2. The summed E-state index contributed by atoms with van der Waals surface area (Å²) in [7, 11) is 2.74. The van der Waals surface area contributed by atoms with Crippen LogP contribution in [0.1, 0.15) is 12.5 Å². The third-order valence-electron chi connectivity index (χ3n) is 3.17. The highest BCUT2D eigenvalue weighted by Crippen LogP contribution is 2.34. The van der Waals surface area contributed by atoms with Crippen molar-refractivity contribution in [2.45, 2.75) is 6.92 Å². The number of carbonyl (C=O) groups excluding carboxylic acids is 3. The van der Waals surface area contributed by atoms with Crippen LogP contribution < -0.4 is 9.47 Å². The molecule has 0 unspecified atom stereocenters. The van der Waals surface area contributed by atoms with Gasteiger partial charge in [0.15, 0.2) is 11.5 Å². The summed E-state index contributed by atoms with van der Waals surface area (Å²) in [5.74, 6) is -0.0545. The van der Waals surface area contributed by atoms with Gasteiger partial charge < -0.3 is 14.2 Å². The summed E-state index contributed by atoms with van der Waals surface area (Å²) in [6.07, 6.45) is 1.57. The molecule has 0 aromatic heterocycles. The van der Waals surface area contributed by atoms with Crippen LogP contribution in [-0.2, 0) is 14.3 Å². The third-order valence-corrected chi connectivity index (χ3v) is 4.08. The molecular formula is C16H17NO6S. The molecule has 7 nitrogen and oxygen atoms in total. The monoisotopic (exact) mass is 351 g/mol. The molecule has 1 heterocycles. The van der Waals surface area contributed by atoms with Gasteiger partial charge in [-0.15, -0.1) is 0 Å². The van der Waals surface area contributed by atoms with Crippen LogP contribution in [0.15, 0.2) is 23.1 Å². The molecule has 1 aliphatic heterocycles. The second kappa shape index (κ2) is 7.87. The molecule has 0 N–H and O–H groups in total. The number of methoxy groups -OCH3 is 2. The Morgan fingerprint density at radius 1 is 1.25 bits per heavy atom. The van der Waals surface area contributed by atoms with Crippen molar-refractivity contribution in [3.63, 3.8) is 0 Å². The fourth-order valence-corrected chi connectivity index (χ4v) is 2.87. The molecule has 0 spiro atoms. The van der Waals surface area contributed by atoms with Crippen LogP contribution >= 0.6 is 11.8 Å². The summed E-state index contributed by atoms with van der Waals surface area (Å²) >= 11 is 0.777. The molecule has 1 aromatic rings. The van der Waals surface area contributed by atoms with E-state index in [1.807, 2.05) is 6.92 Å². The van der Waals surface area contributed by atoms with Gasteiger partial charge in [-0.1, -0.05) is 6.07 Å². The number of rotatable bonds is 6. The molecule has 0 saturated carbocycles. The molecule has 1 fully saturated rings. The molecule has 0 bridgehead atoms. The standard InChI is InChI=1S/C16H17NO6S/c1-4-23-12-7-10(5-6-11(12)21-2)8-13-15(19)17(16(20)24-13)9-14(18)22-3/h5-8H,4,9H2,1-3H3/b13-8-. The van der Waals surface area contributed by atoms with Gasteiger partial charge >= 0.3 is 5.97 Å². The molecular weight excluding hydrogens is 334 g/mol. The fraction of sp³-hybridized carbons (Fsp3) is 0.312. The lowest BCUT2D eigenvalue weighted by Crippen LogP contribution is -2.34. The third kappa shape index (κ3) is 3.88. The number of benzene rings is 1. The van der Waals surface area contributed by atoms with Gasteiger partial charge in [0.05, 0.1) is 25.7 Å². The van der Waals surface area contributed by atoms with E-state index in [4.69, 9.17) is 9.47 Å². The Bertz CT molecular complexity index is 700. The van der Waals surface area contributed by atoms with E-state index in [1.54, 1.807) is 24.3 Å². The van der Waals surface area contributed by atoms with Crippen LogP contribution in [0.2, 0.25) is 0 Å². The van der Waals surface area contributed by atoms with E-state index < -0.39 is 23.7 Å². The maximum Gasteiger partial charge on any atom is 0.325 e. The van der Waals surface area contributed by atoms with Crippen molar-refractivity contribution >= 4 is 35.0 Å². The zero-order valence-electron chi connectivity index (χ0n) is 13.5. The van der Waals surface area contributed by atoms with Gasteiger partial charge in [-0.05, 0) is 42.5 Å². The molecule has 0 atom stereocenters. The minimum Gasteiger partial charge on any atom is -0.493 e. The zero-order valence-corrected chi connectivity index (χ0v) is 14.3. The van der Waals surface area contributed by atoms with Crippen LogP contribution in [0.5, 0.6) is 11.5 Å². The molecule has 2 amide bonds. The predicted octanol–water partition coefficient (Wildman–Crippen LogP) is 2.30. The number of amides is 2.